The summed E-state index contributed by atoms with van der Waals surface area (Å²) in [5.74, 6) is 0. The van der Waals surface area contributed by atoms with Crippen LogP contribution >= 0.6 is 11.3 Å². The van der Waals surface area contributed by atoms with Gasteiger partial charge in [0.25, 0.3) is 0 Å². The van der Waals surface area contributed by atoms with Crippen molar-refractivity contribution in [3.05, 3.63) is 53.9 Å². The van der Waals surface area contributed by atoms with Crippen molar-refractivity contribution in [2.24, 2.45) is 0 Å². The Balaban J connectivity index is 1.90. The van der Waals surface area contributed by atoms with Gasteiger partial charge in [-0.2, -0.15) is 18.3 Å². The Bertz CT molecular complexity index is 699. The number of benzene rings is 1. The number of hydrogen-bond donors (Lipinski definition) is 0. The largest absolute Gasteiger partial charge is 0.435 e. The molecule has 0 aliphatic heterocycles. The van der Waals surface area contributed by atoms with Crippen LogP contribution in [0.5, 0.6) is 0 Å². The summed E-state index contributed by atoms with van der Waals surface area (Å²) >= 11 is 1.50. The van der Waals surface area contributed by atoms with Crippen LogP contribution in [0.2, 0.25) is 0 Å². The molecule has 0 fully saturated rings. The summed E-state index contributed by atoms with van der Waals surface area (Å²) < 4.78 is 38.7. The SMILES string of the molecule is FC(F)(F)c1ccn(-c2ccc(-c3cncs3)cc2)n1. The maximum absolute atomic E-state index is 12.5. The van der Waals surface area contributed by atoms with Gasteiger partial charge in [-0.15, -0.1) is 11.3 Å². The lowest BCUT2D eigenvalue weighted by atomic mass is 10.2. The third-order valence-electron chi connectivity index (χ3n) is 2.73. The summed E-state index contributed by atoms with van der Waals surface area (Å²) in [5, 5.41) is 3.53. The van der Waals surface area contributed by atoms with Gasteiger partial charge in [-0.3, -0.25) is 4.98 Å². The summed E-state index contributed by atoms with van der Waals surface area (Å²) in [6.45, 7) is 0. The molecular weight excluding hydrogens is 287 g/mol. The van der Waals surface area contributed by atoms with Gasteiger partial charge in [0.2, 0.25) is 0 Å². The van der Waals surface area contributed by atoms with Gasteiger partial charge in [-0.05, 0) is 23.8 Å². The van der Waals surface area contributed by atoms with E-state index < -0.39 is 11.9 Å². The van der Waals surface area contributed by atoms with Crippen molar-refractivity contribution in [3.8, 4) is 16.1 Å². The molecule has 3 nitrogen and oxygen atoms in total. The molecule has 0 spiro atoms. The summed E-state index contributed by atoms with van der Waals surface area (Å²) in [7, 11) is 0. The summed E-state index contributed by atoms with van der Waals surface area (Å²) in [6.07, 6.45) is -1.38. The molecule has 20 heavy (non-hydrogen) atoms. The minimum Gasteiger partial charge on any atom is -0.252 e. The highest BCUT2D eigenvalue weighted by Crippen LogP contribution is 2.28. The van der Waals surface area contributed by atoms with E-state index in [4.69, 9.17) is 0 Å². The maximum atomic E-state index is 12.5. The van der Waals surface area contributed by atoms with Gasteiger partial charge in [0.05, 0.1) is 16.1 Å². The molecule has 2 heterocycles. The fraction of sp³-hybridized carbons (Fsp3) is 0.0769. The summed E-state index contributed by atoms with van der Waals surface area (Å²) in [4.78, 5) is 4.99. The quantitative estimate of drug-likeness (QED) is 0.715. The number of alkyl halides is 3. The molecule has 0 amide bonds. The Labute approximate surface area is 116 Å². The molecule has 0 saturated carbocycles. The van der Waals surface area contributed by atoms with Gasteiger partial charge in [-0.25, -0.2) is 4.68 Å². The highest BCUT2D eigenvalue weighted by molar-refractivity contribution is 7.13. The molecule has 0 saturated heterocycles. The Morgan fingerprint density at radius 1 is 1.05 bits per heavy atom. The predicted molar refractivity (Wildman–Crippen MR) is 69.7 cm³/mol. The van der Waals surface area contributed by atoms with Crippen LogP contribution in [-0.4, -0.2) is 14.8 Å². The van der Waals surface area contributed by atoms with Crippen LogP contribution in [0.3, 0.4) is 0 Å². The second kappa shape index (κ2) is 4.75. The molecule has 102 valence electrons. The van der Waals surface area contributed by atoms with Gasteiger partial charge in [0.15, 0.2) is 5.69 Å². The van der Waals surface area contributed by atoms with E-state index in [1.54, 1.807) is 23.8 Å². The van der Waals surface area contributed by atoms with Crippen LogP contribution in [0.4, 0.5) is 13.2 Å². The molecule has 0 aliphatic rings. The molecule has 0 radical (unpaired) electrons. The minimum atomic E-state index is -4.42. The fourth-order valence-corrected chi connectivity index (χ4v) is 2.38. The molecule has 0 atom stereocenters. The molecule has 3 rings (SSSR count). The van der Waals surface area contributed by atoms with E-state index in [1.807, 2.05) is 12.1 Å². The Kier molecular flexibility index (Phi) is 3.06. The number of halogens is 3. The average Bonchev–Trinajstić information content (AvgIpc) is 3.10. The zero-order chi connectivity index (χ0) is 14.2. The first-order valence-electron chi connectivity index (χ1n) is 5.66. The molecule has 7 heteroatoms. The van der Waals surface area contributed by atoms with Gasteiger partial charge in [-0.1, -0.05) is 12.1 Å². The van der Waals surface area contributed by atoms with E-state index in [9.17, 15) is 13.2 Å². The van der Waals surface area contributed by atoms with Crippen molar-refractivity contribution in [1.29, 1.82) is 0 Å². The molecule has 0 unspecified atom stereocenters. The van der Waals surface area contributed by atoms with Crippen molar-refractivity contribution in [2.45, 2.75) is 6.18 Å². The highest BCUT2D eigenvalue weighted by atomic mass is 32.1. The number of aromatic nitrogens is 3. The van der Waals surface area contributed by atoms with Gasteiger partial charge < -0.3 is 0 Å². The predicted octanol–water partition coefficient (Wildman–Crippen LogP) is 4.01. The van der Waals surface area contributed by atoms with Crippen LogP contribution in [0.25, 0.3) is 16.1 Å². The summed E-state index contributed by atoms with van der Waals surface area (Å²) in [6, 6.07) is 8.07. The summed E-state index contributed by atoms with van der Waals surface area (Å²) in [5.41, 5.74) is 2.38. The lowest BCUT2D eigenvalue weighted by molar-refractivity contribution is -0.141. The Hall–Kier alpha value is -2.15. The second-order valence-electron chi connectivity index (χ2n) is 4.06. The smallest absolute Gasteiger partial charge is 0.252 e. The molecule has 1 aromatic carbocycles. The Morgan fingerprint density at radius 2 is 1.80 bits per heavy atom. The van der Waals surface area contributed by atoms with Crippen LogP contribution in [-0.2, 0) is 6.18 Å². The van der Waals surface area contributed by atoms with Gasteiger partial charge >= 0.3 is 6.18 Å². The number of nitrogens with zero attached hydrogens (tertiary/aromatic N) is 3. The lowest BCUT2D eigenvalue weighted by Crippen LogP contribution is -2.07. The van der Waals surface area contributed by atoms with Crippen LogP contribution in [0.15, 0.2) is 48.2 Å². The fourth-order valence-electron chi connectivity index (χ4n) is 1.76. The van der Waals surface area contributed by atoms with Crippen molar-refractivity contribution >= 4 is 11.3 Å². The highest BCUT2D eigenvalue weighted by Gasteiger charge is 2.33. The third kappa shape index (κ3) is 2.44. The van der Waals surface area contributed by atoms with E-state index in [2.05, 4.69) is 10.1 Å². The number of thiazole rings is 1. The molecule has 2 aromatic heterocycles. The first kappa shape index (κ1) is 12.9. The monoisotopic (exact) mass is 295 g/mol. The lowest BCUT2D eigenvalue weighted by Gasteiger charge is -2.04. The first-order valence-corrected chi connectivity index (χ1v) is 6.54. The number of hydrogen-bond acceptors (Lipinski definition) is 3. The van der Waals surface area contributed by atoms with Crippen LogP contribution < -0.4 is 0 Å². The van der Waals surface area contributed by atoms with Gasteiger partial charge in [0, 0.05) is 12.4 Å². The van der Waals surface area contributed by atoms with Gasteiger partial charge in [0.1, 0.15) is 0 Å². The Morgan fingerprint density at radius 3 is 2.35 bits per heavy atom. The van der Waals surface area contributed by atoms with Crippen molar-refractivity contribution < 1.29 is 13.2 Å². The van der Waals surface area contributed by atoms with E-state index in [0.29, 0.717) is 5.69 Å². The minimum absolute atomic E-state index is 0.578. The third-order valence-corrected chi connectivity index (χ3v) is 3.55. The van der Waals surface area contributed by atoms with E-state index in [-0.39, 0.29) is 0 Å². The molecule has 0 aliphatic carbocycles. The van der Waals surface area contributed by atoms with E-state index in [0.717, 1.165) is 16.5 Å². The molecule has 3 aromatic rings. The second-order valence-corrected chi connectivity index (χ2v) is 4.94. The van der Waals surface area contributed by atoms with Crippen molar-refractivity contribution in [2.75, 3.05) is 0 Å². The standard InChI is InChI=1S/C13H8F3N3S/c14-13(15,16)12-5-6-19(18-12)10-3-1-9(2-4-10)11-7-17-8-20-11/h1-8H. The first-order chi connectivity index (χ1) is 9.54. The van der Waals surface area contributed by atoms with Crippen molar-refractivity contribution in [3.63, 3.8) is 0 Å². The molecule has 0 N–H and O–H groups in total. The van der Waals surface area contributed by atoms with E-state index in [1.165, 1.54) is 22.2 Å². The zero-order valence-corrected chi connectivity index (χ0v) is 10.8. The van der Waals surface area contributed by atoms with Crippen molar-refractivity contribution in [1.82, 2.24) is 14.8 Å². The topological polar surface area (TPSA) is 30.7 Å². The number of rotatable bonds is 2. The average molecular weight is 295 g/mol. The normalized spacial score (nSPS) is 11.8. The zero-order valence-electron chi connectivity index (χ0n) is 10.0. The molecule has 0 bridgehead atoms. The van der Waals surface area contributed by atoms with Crippen LogP contribution in [0.1, 0.15) is 5.69 Å². The maximum Gasteiger partial charge on any atom is 0.435 e. The van der Waals surface area contributed by atoms with Crippen LogP contribution in [0, 0.1) is 0 Å². The van der Waals surface area contributed by atoms with E-state index >= 15 is 0 Å². The molecular formula is C13H8F3N3S.